The maximum absolute atomic E-state index is 12.0. The van der Waals surface area contributed by atoms with Gasteiger partial charge in [0.2, 0.25) is 0 Å². The summed E-state index contributed by atoms with van der Waals surface area (Å²) in [7, 11) is -3.06. The van der Waals surface area contributed by atoms with Crippen LogP contribution >= 0.6 is 11.8 Å². The summed E-state index contributed by atoms with van der Waals surface area (Å²) in [5, 5.41) is 2.61. The van der Waals surface area contributed by atoms with Crippen LogP contribution in [0.25, 0.3) is 0 Å². The lowest BCUT2D eigenvalue weighted by Gasteiger charge is -2.16. The number of hydrogen-bond acceptors (Lipinski definition) is 6. The quantitative estimate of drug-likeness (QED) is 0.630. The van der Waals surface area contributed by atoms with Gasteiger partial charge in [0, 0.05) is 10.9 Å². The molecular formula is C15H19NO5S2. The predicted octanol–water partition coefficient (Wildman–Crippen LogP) is 1.26. The molecule has 126 valence electrons. The number of carbonyl (C=O) groups is 2. The molecule has 0 aromatic heterocycles. The molecule has 2 rings (SSSR count). The molecule has 8 heteroatoms. The first-order chi connectivity index (χ1) is 10.8. The van der Waals surface area contributed by atoms with E-state index in [0.717, 1.165) is 4.90 Å². The fourth-order valence-corrected chi connectivity index (χ4v) is 4.32. The summed E-state index contributed by atoms with van der Waals surface area (Å²) in [5.74, 6) is -1.05. The Morgan fingerprint density at radius 1 is 1.30 bits per heavy atom. The molecule has 1 heterocycles. The fraction of sp³-hybridized carbons (Fsp3) is 0.467. The Labute approximate surface area is 139 Å². The van der Waals surface area contributed by atoms with Crippen molar-refractivity contribution in [1.29, 1.82) is 0 Å². The van der Waals surface area contributed by atoms with Crippen molar-refractivity contribution >= 4 is 33.5 Å². The number of nitrogens with one attached hydrogen (secondary N) is 1. The van der Waals surface area contributed by atoms with Gasteiger partial charge in [-0.2, -0.15) is 0 Å². The minimum Gasteiger partial charge on any atom is -0.449 e. The summed E-state index contributed by atoms with van der Waals surface area (Å²) >= 11 is 1.56. The highest BCUT2D eigenvalue weighted by Gasteiger charge is 2.30. The Bertz CT molecular complexity index is 684. The van der Waals surface area contributed by atoms with Gasteiger partial charge in [-0.25, -0.2) is 13.2 Å². The molecule has 1 aromatic carbocycles. The average molecular weight is 357 g/mol. The molecule has 0 radical (unpaired) electrons. The molecule has 23 heavy (non-hydrogen) atoms. The number of rotatable bonds is 5. The zero-order valence-corrected chi connectivity index (χ0v) is 14.6. The van der Waals surface area contributed by atoms with Crippen LogP contribution in [0.2, 0.25) is 0 Å². The molecule has 2 atom stereocenters. The van der Waals surface area contributed by atoms with Crippen molar-refractivity contribution < 1.29 is 22.7 Å². The summed E-state index contributed by atoms with van der Waals surface area (Å²) in [4.78, 5) is 25.0. The average Bonchev–Trinajstić information content (AvgIpc) is 2.86. The summed E-state index contributed by atoms with van der Waals surface area (Å²) < 4.78 is 27.9. The van der Waals surface area contributed by atoms with Crippen LogP contribution in [-0.4, -0.2) is 50.2 Å². The van der Waals surface area contributed by atoms with Gasteiger partial charge in [-0.15, -0.1) is 11.8 Å². The third-order valence-corrected chi connectivity index (χ3v) is 6.07. The zero-order chi connectivity index (χ0) is 17.0. The number of sulfone groups is 1. The number of carbonyl (C=O) groups excluding carboxylic acids is 2. The summed E-state index contributed by atoms with van der Waals surface area (Å²) in [6.07, 6.45) is 1.35. The van der Waals surface area contributed by atoms with Gasteiger partial charge in [-0.05, 0) is 43.9 Å². The lowest BCUT2D eigenvalue weighted by Crippen LogP contribution is -2.42. The maximum Gasteiger partial charge on any atom is 0.338 e. The maximum atomic E-state index is 12.0. The van der Waals surface area contributed by atoms with E-state index in [4.69, 9.17) is 4.74 Å². The number of benzene rings is 1. The van der Waals surface area contributed by atoms with Gasteiger partial charge in [-0.3, -0.25) is 4.79 Å². The second-order valence-electron chi connectivity index (χ2n) is 5.38. The molecule has 0 aliphatic carbocycles. The van der Waals surface area contributed by atoms with Crippen molar-refractivity contribution in [3.63, 3.8) is 0 Å². The summed E-state index contributed by atoms with van der Waals surface area (Å²) in [6, 6.07) is 6.48. The van der Waals surface area contributed by atoms with Crippen molar-refractivity contribution in [3.8, 4) is 0 Å². The molecule has 1 amide bonds. The normalized spacial score (nSPS) is 20.7. The first-order valence-corrected chi connectivity index (χ1v) is 10.2. The van der Waals surface area contributed by atoms with Crippen molar-refractivity contribution in [2.75, 3.05) is 17.8 Å². The lowest BCUT2D eigenvalue weighted by molar-refractivity contribution is -0.129. The second-order valence-corrected chi connectivity index (χ2v) is 8.49. The van der Waals surface area contributed by atoms with E-state index in [1.807, 2.05) is 6.26 Å². The van der Waals surface area contributed by atoms with Crippen LogP contribution in [0.15, 0.2) is 29.2 Å². The summed E-state index contributed by atoms with van der Waals surface area (Å²) in [6.45, 7) is 1.47. The van der Waals surface area contributed by atoms with Gasteiger partial charge in [-0.1, -0.05) is 0 Å². The van der Waals surface area contributed by atoms with E-state index < -0.39 is 33.9 Å². The van der Waals surface area contributed by atoms with E-state index >= 15 is 0 Å². The summed E-state index contributed by atoms with van der Waals surface area (Å²) in [5.41, 5.74) is 0.367. The molecule has 1 fully saturated rings. The van der Waals surface area contributed by atoms with E-state index in [-0.39, 0.29) is 11.5 Å². The lowest BCUT2D eigenvalue weighted by atomic mass is 10.2. The third-order valence-electron chi connectivity index (χ3n) is 3.56. The van der Waals surface area contributed by atoms with Crippen LogP contribution < -0.4 is 5.32 Å². The zero-order valence-electron chi connectivity index (χ0n) is 12.9. The predicted molar refractivity (Wildman–Crippen MR) is 88.3 cm³/mol. The van der Waals surface area contributed by atoms with Crippen LogP contribution in [-0.2, 0) is 19.4 Å². The Morgan fingerprint density at radius 3 is 2.48 bits per heavy atom. The SMILES string of the molecule is CSc1ccc(C(=O)O[C@H](C)C(=O)N[C@@H]2CCS(=O)(=O)C2)cc1. The minimum absolute atomic E-state index is 0.0600. The molecule has 1 aliphatic heterocycles. The van der Waals surface area contributed by atoms with Crippen molar-refractivity contribution in [1.82, 2.24) is 5.32 Å². The van der Waals surface area contributed by atoms with E-state index in [0.29, 0.717) is 12.0 Å². The van der Waals surface area contributed by atoms with Gasteiger partial charge in [0.05, 0.1) is 17.1 Å². The van der Waals surface area contributed by atoms with Crippen molar-refractivity contribution in [2.45, 2.75) is 30.4 Å². The number of amides is 1. The van der Waals surface area contributed by atoms with Crippen molar-refractivity contribution in [3.05, 3.63) is 29.8 Å². The number of hydrogen-bond donors (Lipinski definition) is 1. The van der Waals surface area contributed by atoms with Gasteiger partial charge >= 0.3 is 5.97 Å². The standard InChI is InChI=1S/C15H19NO5S2/c1-10(14(17)16-12-7-8-23(19,20)9-12)21-15(18)11-3-5-13(22-2)6-4-11/h3-6,10,12H,7-9H2,1-2H3,(H,16,17)/t10-,12-/m1/s1. The largest absolute Gasteiger partial charge is 0.449 e. The minimum atomic E-state index is -3.06. The Hall–Kier alpha value is -1.54. The van der Waals surface area contributed by atoms with Gasteiger partial charge in [0.1, 0.15) is 0 Å². The van der Waals surface area contributed by atoms with E-state index in [9.17, 15) is 18.0 Å². The molecule has 1 aromatic rings. The first kappa shape index (κ1) is 17.8. The molecular weight excluding hydrogens is 338 g/mol. The molecule has 0 spiro atoms. The fourth-order valence-electron chi connectivity index (χ4n) is 2.24. The highest BCUT2D eigenvalue weighted by molar-refractivity contribution is 7.98. The van der Waals surface area contributed by atoms with Crippen LogP contribution in [0, 0.1) is 0 Å². The molecule has 1 saturated heterocycles. The molecule has 0 saturated carbocycles. The number of esters is 1. The molecule has 6 nitrogen and oxygen atoms in total. The number of thioether (sulfide) groups is 1. The van der Waals surface area contributed by atoms with Crippen LogP contribution in [0.4, 0.5) is 0 Å². The Kier molecular flexibility index (Phi) is 5.69. The van der Waals surface area contributed by atoms with Crippen LogP contribution in [0.1, 0.15) is 23.7 Å². The van der Waals surface area contributed by atoms with Crippen LogP contribution in [0.5, 0.6) is 0 Å². The van der Waals surface area contributed by atoms with Gasteiger partial charge in [0.15, 0.2) is 15.9 Å². The Balaban J connectivity index is 1.88. The second kappa shape index (κ2) is 7.35. The van der Waals surface area contributed by atoms with Crippen molar-refractivity contribution in [2.24, 2.45) is 0 Å². The third kappa shape index (κ3) is 4.97. The smallest absolute Gasteiger partial charge is 0.338 e. The highest BCUT2D eigenvalue weighted by atomic mass is 32.2. The van der Waals surface area contributed by atoms with Crippen LogP contribution in [0.3, 0.4) is 0 Å². The molecule has 0 bridgehead atoms. The monoisotopic (exact) mass is 357 g/mol. The topological polar surface area (TPSA) is 89.5 Å². The molecule has 1 N–H and O–H groups in total. The number of ether oxygens (including phenoxy) is 1. The van der Waals surface area contributed by atoms with Gasteiger partial charge < -0.3 is 10.1 Å². The first-order valence-electron chi connectivity index (χ1n) is 7.16. The molecule has 1 aliphatic rings. The van der Waals surface area contributed by atoms with E-state index in [1.54, 1.807) is 36.0 Å². The van der Waals surface area contributed by atoms with E-state index in [1.165, 1.54) is 6.92 Å². The Morgan fingerprint density at radius 2 is 1.96 bits per heavy atom. The highest BCUT2D eigenvalue weighted by Crippen LogP contribution is 2.16. The van der Waals surface area contributed by atoms with E-state index in [2.05, 4.69) is 5.32 Å². The van der Waals surface area contributed by atoms with Gasteiger partial charge in [0.25, 0.3) is 5.91 Å². The molecule has 0 unspecified atom stereocenters.